The third kappa shape index (κ3) is 5.49. The smallest absolute Gasteiger partial charge is 0.318 e. The number of amides is 2. The van der Waals surface area contributed by atoms with Crippen LogP contribution in [0.15, 0.2) is 4.52 Å². The number of nitrogens with two attached hydrogens (primary N) is 1. The zero-order chi connectivity index (χ0) is 20.8. The Morgan fingerprint density at radius 2 is 2.04 bits per heavy atom. The number of nitrogens with one attached hydrogen (secondary N) is 1. The zero-order valence-electron chi connectivity index (χ0n) is 15.3. The fourth-order valence-corrected chi connectivity index (χ4v) is 2.91. The second-order valence-electron chi connectivity index (χ2n) is 6.59. The molecule has 28 heavy (non-hydrogen) atoms. The number of aromatic nitrogens is 2. The van der Waals surface area contributed by atoms with Crippen molar-refractivity contribution in [2.75, 3.05) is 6.54 Å². The van der Waals surface area contributed by atoms with Crippen molar-refractivity contribution in [2.24, 2.45) is 5.73 Å². The van der Waals surface area contributed by atoms with Crippen molar-refractivity contribution < 1.29 is 33.9 Å². The minimum atomic E-state index is -1.20. The molecule has 1 fully saturated rings. The summed E-state index contributed by atoms with van der Waals surface area (Å²) >= 11 is 0. The minimum Gasteiger partial charge on any atom is -0.481 e. The molecule has 1 aromatic rings. The largest absolute Gasteiger partial charge is 0.481 e. The van der Waals surface area contributed by atoms with Gasteiger partial charge in [-0.1, -0.05) is 5.16 Å². The van der Waals surface area contributed by atoms with E-state index in [9.17, 15) is 19.2 Å². The Balaban J connectivity index is 2.05. The minimum absolute atomic E-state index is 0.138. The predicted octanol–water partition coefficient (Wildman–Crippen LogP) is 0.213. The molecule has 0 unspecified atom stereocenters. The van der Waals surface area contributed by atoms with Gasteiger partial charge in [-0.05, 0) is 26.2 Å². The molecule has 0 saturated carbocycles. The van der Waals surface area contributed by atoms with Crippen LogP contribution in [0, 0.1) is 0 Å². The molecular formula is C16H23N5O7. The molecule has 0 bridgehead atoms. The lowest BCUT2D eigenvalue weighted by Gasteiger charge is -2.24. The molecule has 0 spiro atoms. The van der Waals surface area contributed by atoms with Gasteiger partial charge in [0, 0.05) is 13.0 Å². The highest BCUT2D eigenvalue weighted by Crippen LogP contribution is 2.31. The number of likely N-dealkylation sites (tertiary alicyclic amines) is 1. The van der Waals surface area contributed by atoms with Gasteiger partial charge in [0.25, 0.3) is 0 Å². The van der Waals surface area contributed by atoms with Gasteiger partial charge in [-0.3, -0.25) is 14.4 Å². The summed E-state index contributed by atoms with van der Waals surface area (Å²) in [5.74, 6) is -2.34. The standard InChI is InChI=1S/C16H23N5O7/c1-8(22)10(7-13(25)26)18-16(27)21-6-2-3-11(21)15-19-14(20-28-15)9(17)4-5-12(23)24/h9-11H,2-7,17H2,1H3,(H,18,27)(H,23,24)(H,25,26)/t9-,10-,11-/m0/s1. The number of ketones is 1. The van der Waals surface area contributed by atoms with Crippen LogP contribution in [-0.4, -0.2) is 61.6 Å². The van der Waals surface area contributed by atoms with Crippen LogP contribution < -0.4 is 11.1 Å². The lowest BCUT2D eigenvalue weighted by Crippen LogP contribution is -2.48. The molecule has 5 N–H and O–H groups in total. The summed E-state index contributed by atoms with van der Waals surface area (Å²) in [6.45, 7) is 1.58. The van der Waals surface area contributed by atoms with Gasteiger partial charge in [-0.25, -0.2) is 4.79 Å². The summed E-state index contributed by atoms with van der Waals surface area (Å²) in [7, 11) is 0. The molecule has 154 valence electrons. The van der Waals surface area contributed by atoms with Gasteiger partial charge in [-0.2, -0.15) is 4.98 Å². The molecule has 12 nitrogen and oxygen atoms in total. The van der Waals surface area contributed by atoms with Crippen molar-refractivity contribution in [1.82, 2.24) is 20.4 Å². The maximum absolute atomic E-state index is 12.5. The Labute approximate surface area is 160 Å². The number of hydrogen-bond acceptors (Lipinski definition) is 8. The van der Waals surface area contributed by atoms with Gasteiger partial charge in [0.05, 0.1) is 18.5 Å². The maximum Gasteiger partial charge on any atom is 0.318 e. The number of rotatable bonds is 9. The first-order valence-electron chi connectivity index (χ1n) is 8.79. The molecule has 2 rings (SSSR count). The first-order valence-corrected chi connectivity index (χ1v) is 8.79. The molecule has 0 aliphatic carbocycles. The molecule has 2 amide bonds. The van der Waals surface area contributed by atoms with Crippen molar-refractivity contribution in [3.05, 3.63) is 11.7 Å². The number of Topliss-reactive ketones (excluding diaryl/α,β-unsaturated/α-hetero) is 1. The fourth-order valence-electron chi connectivity index (χ4n) is 2.91. The lowest BCUT2D eigenvalue weighted by molar-refractivity contribution is -0.139. The van der Waals surface area contributed by atoms with E-state index < -0.39 is 48.3 Å². The van der Waals surface area contributed by atoms with Crippen molar-refractivity contribution in [1.29, 1.82) is 0 Å². The number of nitrogens with zero attached hydrogens (tertiary/aromatic N) is 3. The van der Waals surface area contributed by atoms with E-state index >= 15 is 0 Å². The van der Waals surface area contributed by atoms with E-state index in [0.717, 1.165) is 0 Å². The number of carboxylic acids is 2. The third-order valence-corrected chi connectivity index (χ3v) is 4.42. The molecule has 1 saturated heterocycles. The van der Waals surface area contributed by atoms with Crippen molar-refractivity contribution in [3.8, 4) is 0 Å². The van der Waals surface area contributed by atoms with Crippen LogP contribution in [0.2, 0.25) is 0 Å². The van der Waals surface area contributed by atoms with Gasteiger partial charge in [0.2, 0.25) is 5.89 Å². The summed E-state index contributed by atoms with van der Waals surface area (Å²) < 4.78 is 5.20. The van der Waals surface area contributed by atoms with E-state index in [1.54, 1.807) is 0 Å². The number of aliphatic carboxylic acids is 2. The maximum atomic E-state index is 12.5. The summed E-state index contributed by atoms with van der Waals surface area (Å²) in [6.07, 6.45) is 0.688. The number of carbonyl (C=O) groups is 4. The summed E-state index contributed by atoms with van der Waals surface area (Å²) in [5.41, 5.74) is 5.86. The van der Waals surface area contributed by atoms with E-state index in [1.807, 2.05) is 0 Å². The summed E-state index contributed by atoms with van der Waals surface area (Å²) in [4.78, 5) is 51.2. The van der Waals surface area contributed by atoms with E-state index in [4.69, 9.17) is 20.5 Å². The monoisotopic (exact) mass is 397 g/mol. The van der Waals surface area contributed by atoms with Crippen LogP contribution in [0.4, 0.5) is 4.79 Å². The van der Waals surface area contributed by atoms with Crippen LogP contribution in [0.1, 0.15) is 62.8 Å². The molecular weight excluding hydrogens is 374 g/mol. The van der Waals surface area contributed by atoms with Crippen LogP contribution in [-0.2, 0) is 14.4 Å². The van der Waals surface area contributed by atoms with Gasteiger partial charge in [0.15, 0.2) is 11.6 Å². The number of carbonyl (C=O) groups excluding carboxylic acids is 2. The SMILES string of the molecule is CC(=O)[C@H](CC(=O)O)NC(=O)N1CCC[C@H]1c1nc([C@@H](N)CCC(=O)O)no1. The first-order chi connectivity index (χ1) is 13.2. The van der Waals surface area contributed by atoms with Crippen molar-refractivity contribution in [2.45, 2.75) is 57.2 Å². The van der Waals surface area contributed by atoms with E-state index in [0.29, 0.717) is 19.4 Å². The Kier molecular flexibility index (Phi) is 7.04. The topological polar surface area (TPSA) is 189 Å². The zero-order valence-corrected chi connectivity index (χ0v) is 15.3. The van der Waals surface area contributed by atoms with E-state index in [-0.39, 0.29) is 24.6 Å². The molecule has 1 aromatic heterocycles. The molecule has 1 aliphatic rings. The second-order valence-corrected chi connectivity index (χ2v) is 6.59. The average molecular weight is 397 g/mol. The van der Waals surface area contributed by atoms with Crippen LogP contribution >= 0.6 is 0 Å². The van der Waals surface area contributed by atoms with E-state index in [2.05, 4.69) is 15.5 Å². The highest BCUT2D eigenvalue weighted by Gasteiger charge is 2.36. The second kappa shape index (κ2) is 9.26. The molecule has 0 aromatic carbocycles. The molecule has 1 aliphatic heterocycles. The highest BCUT2D eigenvalue weighted by molar-refractivity contribution is 5.90. The molecule has 3 atom stereocenters. The lowest BCUT2D eigenvalue weighted by atomic mass is 10.1. The van der Waals surface area contributed by atoms with Gasteiger partial charge < -0.3 is 30.7 Å². The van der Waals surface area contributed by atoms with E-state index in [1.165, 1.54) is 11.8 Å². The van der Waals surface area contributed by atoms with Gasteiger partial charge in [-0.15, -0.1) is 0 Å². The number of carboxylic acid groups (broad SMARTS) is 2. The molecule has 2 heterocycles. The highest BCUT2D eigenvalue weighted by atomic mass is 16.5. The Morgan fingerprint density at radius 1 is 1.32 bits per heavy atom. The van der Waals surface area contributed by atoms with Gasteiger partial charge in [0.1, 0.15) is 6.04 Å². The normalized spacial score (nSPS) is 18.5. The summed E-state index contributed by atoms with van der Waals surface area (Å²) in [6, 6.07) is -2.98. The third-order valence-electron chi connectivity index (χ3n) is 4.42. The van der Waals surface area contributed by atoms with Crippen LogP contribution in [0.5, 0.6) is 0 Å². The van der Waals surface area contributed by atoms with Crippen molar-refractivity contribution in [3.63, 3.8) is 0 Å². The number of urea groups is 1. The molecule has 0 radical (unpaired) electrons. The quantitative estimate of drug-likeness (QED) is 0.448. The van der Waals surface area contributed by atoms with Gasteiger partial charge >= 0.3 is 18.0 Å². The Bertz CT molecular complexity index is 749. The summed E-state index contributed by atoms with van der Waals surface area (Å²) in [5, 5.41) is 23.8. The predicted molar refractivity (Wildman–Crippen MR) is 92.0 cm³/mol. The van der Waals surface area contributed by atoms with Crippen LogP contribution in [0.3, 0.4) is 0 Å². The van der Waals surface area contributed by atoms with Crippen molar-refractivity contribution >= 4 is 23.8 Å². The first kappa shape index (κ1) is 21.3. The van der Waals surface area contributed by atoms with Crippen LogP contribution in [0.25, 0.3) is 0 Å². The molecule has 12 heteroatoms. The average Bonchev–Trinajstić information content (AvgIpc) is 3.27. The Morgan fingerprint density at radius 3 is 2.64 bits per heavy atom. The Hall–Kier alpha value is -3.02. The fraction of sp³-hybridized carbons (Fsp3) is 0.625. The number of hydrogen-bond donors (Lipinski definition) is 4.